The third-order valence-corrected chi connectivity index (χ3v) is 6.35. The van der Waals surface area contributed by atoms with Crippen molar-refractivity contribution in [1.29, 1.82) is 0 Å². The van der Waals surface area contributed by atoms with E-state index in [1.54, 1.807) is 0 Å². The fourth-order valence-corrected chi connectivity index (χ4v) is 4.88. The van der Waals surface area contributed by atoms with Gasteiger partial charge in [-0.1, -0.05) is 43.2 Å². The molecule has 2 saturated heterocycles. The first-order valence-corrected chi connectivity index (χ1v) is 9.85. The van der Waals surface area contributed by atoms with Crippen LogP contribution in [-0.4, -0.2) is 47.3 Å². The molecule has 4 heteroatoms. The predicted octanol–water partition coefficient (Wildman–Crippen LogP) is 3.18. The second-order valence-corrected chi connectivity index (χ2v) is 7.90. The molecule has 3 aliphatic rings. The van der Waals surface area contributed by atoms with E-state index in [4.69, 9.17) is 0 Å². The lowest BCUT2D eigenvalue weighted by molar-refractivity contribution is -0.136. The SMILES string of the molecule is O=C([C@@H]1CC(=O)N(C2CCCC2)C1)N1CCC(c2ccccc2)CC1. The van der Waals surface area contributed by atoms with Gasteiger partial charge in [0.1, 0.15) is 0 Å². The Morgan fingerprint density at radius 1 is 0.960 bits per heavy atom. The molecule has 0 radical (unpaired) electrons. The minimum absolute atomic E-state index is 0.110. The van der Waals surface area contributed by atoms with Crippen molar-refractivity contribution in [3.05, 3.63) is 35.9 Å². The monoisotopic (exact) mass is 340 g/mol. The summed E-state index contributed by atoms with van der Waals surface area (Å²) in [5.74, 6) is 0.858. The number of carbonyl (C=O) groups is 2. The minimum Gasteiger partial charge on any atom is -0.342 e. The molecule has 2 aliphatic heterocycles. The van der Waals surface area contributed by atoms with Crippen LogP contribution >= 0.6 is 0 Å². The van der Waals surface area contributed by atoms with E-state index in [0.717, 1.165) is 38.8 Å². The minimum atomic E-state index is -0.110. The van der Waals surface area contributed by atoms with Crippen LogP contribution < -0.4 is 0 Å². The van der Waals surface area contributed by atoms with Crippen molar-refractivity contribution in [2.24, 2.45) is 5.92 Å². The number of hydrogen-bond donors (Lipinski definition) is 0. The molecule has 1 atom stereocenters. The van der Waals surface area contributed by atoms with Crippen molar-refractivity contribution >= 4 is 11.8 Å². The van der Waals surface area contributed by atoms with Crippen LogP contribution in [0.1, 0.15) is 56.4 Å². The quantitative estimate of drug-likeness (QED) is 0.848. The molecule has 1 aromatic rings. The van der Waals surface area contributed by atoms with Gasteiger partial charge in [0.05, 0.1) is 5.92 Å². The summed E-state index contributed by atoms with van der Waals surface area (Å²) in [5, 5.41) is 0. The van der Waals surface area contributed by atoms with E-state index in [0.29, 0.717) is 24.9 Å². The number of amides is 2. The van der Waals surface area contributed by atoms with Gasteiger partial charge in [0.2, 0.25) is 11.8 Å². The predicted molar refractivity (Wildman–Crippen MR) is 97.1 cm³/mol. The number of benzene rings is 1. The Morgan fingerprint density at radius 2 is 1.64 bits per heavy atom. The maximum Gasteiger partial charge on any atom is 0.227 e. The molecule has 0 spiro atoms. The van der Waals surface area contributed by atoms with Gasteiger partial charge in [-0.3, -0.25) is 9.59 Å². The van der Waals surface area contributed by atoms with Crippen molar-refractivity contribution < 1.29 is 9.59 Å². The Hall–Kier alpha value is -1.84. The molecule has 134 valence electrons. The number of piperidine rings is 1. The van der Waals surface area contributed by atoms with Gasteiger partial charge in [0.25, 0.3) is 0 Å². The summed E-state index contributed by atoms with van der Waals surface area (Å²) < 4.78 is 0. The van der Waals surface area contributed by atoms with Gasteiger partial charge in [0, 0.05) is 32.1 Å². The van der Waals surface area contributed by atoms with Gasteiger partial charge in [-0.2, -0.15) is 0 Å². The molecule has 0 bridgehead atoms. The third kappa shape index (κ3) is 3.44. The zero-order chi connectivity index (χ0) is 17.2. The Kier molecular flexibility index (Phi) is 4.78. The summed E-state index contributed by atoms with van der Waals surface area (Å²) in [4.78, 5) is 29.3. The molecular formula is C21H28N2O2. The second-order valence-electron chi connectivity index (χ2n) is 7.90. The summed E-state index contributed by atoms with van der Waals surface area (Å²) in [5.41, 5.74) is 1.39. The lowest BCUT2D eigenvalue weighted by Gasteiger charge is -2.34. The van der Waals surface area contributed by atoms with Gasteiger partial charge in [-0.05, 0) is 37.2 Å². The topological polar surface area (TPSA) is 40.6 Å². The van der Waals surface area contributed by atoms with E-state index in [2.05, 4.69) is 30.3 Å². The van der Waals surface area contributed by atoms with E-state index < -0.39 is 0 Å². The number of hydrogen-bond acceptors (Lipinski definition) is 2. The standard InChI is InChI=1S/C21H28N2O2/c24-20-14-18(15-23(20)19-8-4-5-9-19)21(25)22-12-10-17(11-13-22)16-6-2-1-3-7-16/h1-3,6-7,17-19H,4-5,8-15H2/t18-/m1/s1. The zero-order valence-corrected chi connectivity index (χ0v) is 14.9. The Balaban J connectivity index is 1.32. The summed E-state index contributed by atoms with van der Waals surface area (Å²) in [6, 6.07) is 11.0. The van der Waals surface area contributed by atoms with Crippen LogP contribution in [0.3, 0.4) is 0 Å². The molecule has 0 N–H and O–H groups in total. The molecule has 1 aliphatic carbocycles. The first-order chi connectivity index (χ1) is 12.2. The van der Waals surface area contributed by atoms with E-state index in [-0.39, 0.29) is 17.7 Å². The fourth-order valence-electron chi connectivity index (χ4n) is 4.88. The summed E-state index contributed by atoms with van der Waals surface area (Å²) in [7, 11) is 0. The zero-order valence-electron chi connectivity index (χ0n) is 14.9. The lowest BCUT2D eigenvalue weighted by atomic mass is 9.89. The normalized spacial score (nSPS) is 25.8. The van der Waals surface area contributed by atoms with Crippen molar-refractivity contribution in [2.45, 2.75) is 56.9 Å². The number of likely N-dealkylation sites (tertiary alicyclic amines) is 2. The van der Waals surface area contributed by atoms with Crippen molar-refractivity contribution in [1.82, 2.24) is 9.80 Å². The fraction of sp³-hybridized carbons (Fsp3) is 0.619. The van der Waals surface area contributed by atoms with Crippen LogP contribution in [0.25, 0.3) is 0 Å². The highest BCUT2D eigenvalue weighted by atomic mass is 16.2. The Bertz CT molecular complexity index is 616. The summed E-state index contributed by atoms with van der Waals surface area (Å²) >= 11 is 0. The van der Waals surface area contributed by atoms with Crippen LogP contribution in [-0.2, 0) is 9.59 Å². The third-order valence-electron chi connectivity index (χ3n) is 6.35. The van der Waals surface area contributed by atoms with Crippen molar-refractivity contribution in [3.63, 3.8) is 0 Å². The molecule has 2 amide bonds. The average Bonchev–Trinajstić information content (AvgIpc) is 3.31. The lowest BCUT2D eigenvalue weighted by Crippen LogP contribution is -2.42. The van der Waals surface area contributed by atoms with Crippen molar-refractivity contribution in [2.75, 3.05) is 19.6 Å². The highest BCUT2D eigenvalue weighted by Gasteiger charge is 2.40. The number of nitrogens with zero attached hydrogens (tertiary/aromatic N) is 2. The molecule has 0 aromatic heterocycles. The smallest absolute Gasteiger partial charge is 0.227 e. The van der Waals surface area contributed by atoms with Gasteiger partial charge in [-0.25, -0.2) is 0 Å². The maximum atomic E-state index is 12.9. The largest absolute Gasteiger partial charge is 0.342 e. The molecule has 0 unspecified atom stereocenters. The first-order valence-electron chi connectivity index (χ1n) is 9.85. The van der Waals surface area contributed by atoms with E-state index in [9.17, 15) is 9.59 Å². The average molecular weight is 340 g/mol. The molecule has 2 heterocycles. The molecule has 3 fully saturated rings. The highest BCUT2D eigenvalue weighted by Crippen LogP contribution is 2.32. The van der Waals surface area contributed by atoms with Crippen molar-refractivity contribution in [3.8, 4) is 0 Å². The van der Waals surface area contributed by atoms with E-state index >= 15 is 0 Å². The van der Waals surface area contributed by atoms with E-state index in [1.807, 2.05) is 9.80 Å². The molecule has 1 saturated carbocycles. The summed E-state index contributed by atoms with van der Waals surface area (Å²) in [6.07, 6.45) is 7.17. The molecule has 1 aromatic carbocycles. The Morgan fingerprint density at radius 3 is 2.32 bits per heavy atom. The maximum absolute atomic E-state index is 12.9. The number of rotatable bonds is 3. The van der Waals surface area contributed by atoms with Gasteiger partial charge in [0.15, 0.2) is 0 Å². The van der Waals surface area contributed by atoms with Crippen LogP contribution in [0.5, 0.6) is 0 Å². The Labute approximate surface area is 150 Å². The summed E-state index contributed by atoms with van der Waals surface area (Å²) in [6.45, 7) is 2.31. The highest BCUT2D eigenvalue weighted by molar-refractivity contribution is 5.89. The first kappa shape index (κ1) is 16.6. The molecular weight excluding hydrogens is 312 g/mol. The van der Waals surface area contributed by atoms with Gasteiger partial charge >= 0.3 is 0 Å². The molecule has 4 rings (SSSR count). The van der Waals surface area contributed by atoms with E-state index in [1.165, 1.54) is 18.4 Å². The second kappa shape index (κ2) is 7.19. The van der Waals surface area contributed by atoms with Crippen LogP contribution in [0.2, 0.25) is 0 Å². The van der Waals surface area contributed by atoms with Crippen LogP contribution in [0.15, 0.2) is 30.3 Å². The van der Waals surface area contributed by atoms with Gasteiger partial charge < -0.3 is 9.80 Å². The molecule has 4 nitrogen and oxygen atoms in total. The molecule has 25 heavy (non-hydrogen) atoms. The van der Waals surface area contributed by atoms with Gasteiger partial charge in [-0.15, -0.1) is 0 Å². The van der Waals surface area contributed by atoms with Crippen LogP contribution in [0, 0.1) is 5.92 Å². The van der Waals surface area contributed by atoms with Crippen LogP contribution in [0.4, 0.5) is 0 Å². The number of carbonyl (C=O) groups excluding carboxylic acids is 2.